The number of hydrogen-bond donors (Lipinski definition) is 2. The number of thiazole rings is 1. The van der Waals surface area contributed by atoms with Crippen LogP contribution < -0.4 is 0 Å². The highest BCUT2D eigenvalue weighted by molar-refractivity contribution is 7.09. The molecule has 0 atom stereocenters. The van der Waals surface area contributed by atoms with E-state index in [-0.39, 0.29) is 17.4 Å². The molecular weight excluding hydrogens is 278 g/mol. The molecule has 0 bridgehead atoms. The van der Waals surface area contributed by atoms with Gasteiger partial charge in [-0.3, -0.25) is 0 Å². The first-order chi connectivity index (χ1) is 9.60. The smallest absolute Gasteiger partial charge is 0.258 e. The number of benzene rings is 1. The first-order valence-electron chi connectivity index (χ1n) is 5.87. The number of hydrogen-bond acceptors (Lipinski definition) is 7. The second-order valence-corrected chi connectivity index (χ2v) is 5.35. The second-order valence-electron chi connectivity index (χ2n) is 4.29. The summed E-state index contributed by atoms with van der Waals surface area (Å²) in [6.07, 6.45) is 0.485. The zero-order valence-corrected chi connectivity index (χ0v) is 11.4. The highest BCUT2D eigenvalue weighted by Gasteiger charge is 2.12. The Morgan fingerprint density at radius 3 is 2.55 bits per heavy atom. The molecule has 7 heteroatoms. The number of phenols is 2. The number of rotatable bonds is 3. The van der Waals surface area contributed by atoms with Gasteiger partial charge < -0.3 is 14.7 Å². The minimum Gasteiger partial charge on any atom is -0.508 e. The minimum absolute atomic E-state index is 0.0603. The molecular formula is C13H11N3O3S. The summed E-state index contributed by atoms with van der Waals surface area (Å²) < 4.78 is 5.13. The summed E-state index contributed by atoms with van der Waals surface area (Å²) in [7, 11) is 0. The van der Waals surface area contributed by atoms with Gasteiger partial charge in [0.2, 0.25) is 0 Å². The zero-order valence-electron chi connectivity index (χ0n) is 10.6. The number of nitrogens with zero attached hydrogens (tertiary/aromatic N) is 3. The number of phenolic OH excluding ortho intramolecular Hbond substituents is 2. The first-order valence-corrected chi connectivity index (χ1v) is 6.75. The maximum Gasteiger partial charge on any atom is 0.258 e. The Kier molecular flexibility index (Phi) is 3.11. The molecule has 102 valence electrons. The van der Waals surface area contributed by atoms with Gasteiger partial charge in [-0.15, -0.1) is 11.3 Å². The van der Waals surface area contributed by atoms with Gasteiger partial charge in [-0.2, -0.15) is 4.98 Å². The third-order valence-corrected chi connectivity index (χ3v) is 3.45. The molecule has 0 aliphatic heterocycles. The van der Waals surface area contributed by atoms with Gasteiger partial charge in [-0.1, -0.05) is 5.16 Å². The van der Waals surface area contributed by atoms with Gasteiger partial charge in [-0.25, -0.2) is 4.98 Å². The van der Waals surface area contributed by atoms with Gasteiger partial charge in [0.25, 0.3) is 5.89 Å². The fourth-order valence-corrected chi connectivity index (χ4v) is 2.43. The fourth-order valence-electron chi connectivity index (χ4n) is 1.81. The van der Waals surface area contributed by atoms with Crippen molar-refractivity contribution in [3.8, 4) is 23.0 Å². The molecule has 1 aromatic carbocycles. The van der Waals surface area contributed by atoms with Crippen molar-refractivity contribution in [1.82, 2.24) is 15.1 Å². The molecule has 0 aliphatic carbocycles. The van der Waals surface area contributed by atoms with Gasteiger partial charge in [0.1, 0.15) is 11.5 Å². The van der Waals surface area contributed by atoms with Crippen LogP contribution in [0, 0.1) is 6.92 Å². The van der Waals surface area contributed by atoms with Crippen molar-refractivity contribution in [2.24, 2.45) is 0 Å². The Morgan fingerprint density at radius 2 is 1.90 bits per heavy atom. The van der Waals surface area contributed by atoms with Crippen molar-refractivity contribution in [1.29, 1.82) is 0 Å². The van der Waals surface area contributed by atoms with E-state index >= 15 is 0 Å². The van der Waals surface area contributed by atoms with Crippen LogP contribution in [-0.2, 0) is 6.42 Å². The number of aromatic nitrogens is 3. The lowest BCUT2D eigenvalue weighted by molar-refractivity contribution is 0.421. The van der Waals surface area contributed by atoms with Crippen LogP contribution in [0.15, 0.2) is 28.1 Å². The van der Waals surface area contributed by atoms with Crippen molar-refractivity contribution in [2.45, 2.75) is 13.3 Å². The quantitative estimate of drug-likeness (QED) is 0.769. The van der Waals surface area contributed by atoms with E-state index in [4.69, 9.17) is 4.52 Å². The van der Waals surface area contributed by atoms with Gasteiger partial charge in [0, 0.05) is 17.0 Å². The van der Waals surface area contributed by atoms with Crippen LogP contribution in [0.2, 0.25) is 0 Å². The van der Waals surface area contributed by atoms with Gasteiger partial charge in [0.05, 0.1) is 17.1 Å². The van der Waals surface area contributed by atoms with Crippen LogP contribution in [0.1, 0.15) is 16.5 Å². The van der Waals surface area contributed by atoms with Crippen molar-refractivity contribution >= 4 is 11.3 Å². The molecule has 0 saturated carbocycles. The Morgan fingerprint density at radius 1 is 1.15 bits per heavy atom. The van der Waals surface area contributed by atoms with Crippen LogP contribution in [-0.4, -0.2) is 25.3 Å². The summed E-state index contributed by atoms with van der Waals surface area (Å²) in [6.45, 7) is 1.94. The molecule has 0 saturated heterocycles. The maximum absolute atomic E-state index is 9.44. The van der Waals surface area contributed by atoms with Crippen LogP contribution in [0.5, 0.6) is 11.5 Å². The monoisotopic (exact) mass is 289 g/mol. The molecule has 0 spiro atoms. The molecule has 2 aromatic heterocycles. The van der Waals surface area contributed by atoms with Crippen molar-refractivity contribution in [3.63, 3.8) is 0 Å². The molecule has 0 radical (unpaired) electrons. The van der Waals surface area contributed by atoms with Gasteiger partial charge >= 0.3 is 0 Å². The van der Waals surface area contributed by atoms with Crippen LogP contribution >= 0.6 is 11.3 Å². The fraction of sp³-hybridized carbons (Fsp3) is 0.154. The zero-order chi connectivity index (χ0) is 14.1. The molecule has 0 amide bonds. The lowest BCUT2D eigenvalue weighted by Gasteiger charge is -1.97. The molecule has 2 heterocycles. The van der Waals surface area contributed by atoms with E-state index in [1.165, 1.54) is 18.2 Å². The molecule has 0 aliphatic rings. The summed E-state index contributed by atoms with van der Waals surface area (Å²) in [5.41, 5.74) is 1.36. The lowest BCUT2D eigenvalue weighted by Crippen LogP contribution is -1.91. The summed E-state index contributed by atoms with van der Waals surface area (Å²) in [5, 5.41) is 25.7. The van der Waals surface area contributed by atoms with Crippen molar-refractivity contribution in [3.05, 3.63) is 40.1 Å². The van der Waals surface area contributed by atoms with Gasteiger partial charge in [-0.05, 0) is 19.1 Å². The van der Waals surface area contributed by atoms with Crippen molar-refractivity contribution < 1.29 is 14.7 Å². The largest absolute Gasteiger partial charge is 0.508 e. The summed E-state index contributed by atoms with van der Waals surface area (Å²) in [4.78, 5) is 8.56. The van der Waals surface area contributed by atoms with E-state index < -0.39 is 0 Å². The predicted molar refractivity (Wildman–Crippen MR) is 72.7 cm³/mol. The van der Waals surface area contributed by atoms with E-state index in [1.807, 2.05) is 12.3 Å². The molecule has 20 heavy (non-hydrogen) atoms. The SMILES string of the molecule is Cc1nc(Cc2noc(-c3cc(O)cc(O)c3)n2)cs1. The second kappa shape index (κ2) is 4.93. The highest BCUT2D eigenvalue weighted by Crippen LogP contribution is 2.27. The number of aryl methyl sites for hydroxylation is 1. The molecule has 3 aromatic rings. The molecule has 0 fully saturated rings. The number of aromatic hydroxyl groups is 2. The normalized spacial score (nSPS) is 10.8. The van der Waals surface area contributed by atoms with Crippen LogP contribution in [0.25, 0.3) is 11.5 Å². The average molecular weight is 289 g/mol. The predicted octanol–water partition coefficient (Wildman–Crippen LogP) is 2.50. The Bertz CT molecular complexity index is 731. The van der Waals surface area contributed by atoms with E-state index in [1.54, 1.807) is 11.3 Å². The van der Waals surface area contributed by atoms with E-state index in [2.05, 4.69) is 15.1 Å². The highest BCUT2D eigenvalue weighted by atomic mass is 32.1. The molecule has 6 nitrogen and oxygen atoms in total. The van der Waals surface area contributed by atoms with E-state index in [9.17, 15) is 10.2 Å². The standard InChI is InChI=1S/C13H11N3O3S/c1-7-14-9(6-20-7)4-12-15-13(19-16-12)8-2-10(17)5-11(18)3-8/h2-3,5-6,17-18H,4H2,1H3. The summed E-state index contributed by atoms with van der Waals surface area (Å²) in [6, 6.07) is 4.13. The Balaban J connectivity index is 1.86. The lowest BCUT2D eigenvalue weighted by atomic mass is 10.2. The third-order valence-electron chi connectivity index (χ3n) is 2.62. The van der Waals surface area contributed by atoms with Crippen LogP contribution in [0.4, 0.5) is 0 Å². The molecule has 3 rings (SSSR count). The Labute approximate surface area is 118 Å². The van der Waals surface area contributed by atoms with E-state index in [0.29, 0.717) is 17.8 Å². The summed E-state index contributed by atoms with van der Waals surface area (Å²) >= 11 is 1.57. The van der Waals surface area contributed by atoms with Crippen LogP contribution in [0.3, 0.4) is 0 Å². The Hall–Kier alpha value is -2.41. The van der Waals surface area contributed by atoms with E-state index in [0.717, 1.165) is 10.7 Å². The topological polar surface area (TPSA) is 92.3 Å². The van der Waals surface area contributed by atoms with Gasteiger partial charge in [0.15, 0.2) is 5.82 Å². The van der Waals surface area contributed by atoms with Crippen molar-refractivity contribution in [2.75, 3.05) is 0 Å². The first kappa shape index (κ1) is 12.6. The summed E-state index contributed by atoms with van der Waals surface area (Å²) in [5.74, 6) is 0.635. The average Bonchev–Trinajstić information content (AvgIpc) is 2.98. The maximum atomic E-state index is 9.44. The molecule has 2 N–H and O–H groups in total. The minimum atomic E-state index is -0.0603. The molecule has 0 unspecified atom stereocenters. The third kappa shape index (κ3) is 2.62.